The summed E-state index contributed by atoms with van der Waals surface area (Å²) in [6.07, 6.45) is 0.330. The highest BCUT2D eigenvalue weighted by atomic mass is 16.5. The average Bonchev–Trinajstić information content (AvgIpc) is 2.76. The first kappa shape index (κ1) is 21.8. The van der Waals surface area contributed by atoms with E-state index < -0.39 is 0 Å². The zero-order valence-corrected chi connectivity index (χ0v) is 17.9. The molecule has 1 N–H and O–H groups in total. The Labute approximate surface area is 178 Å². The van der Waals surface area contributed by atoms with Gasteiger partial charge < -0.3 is 15.0 Å². The van der Waals surface area contributed by atoms with Gasteiger partial charge in [-0.2, -0.15) is 0 Å². The molecule has 1 aliphatic heterocycles. The number of hydrogen-bond donors (Lipinski definition) is 1. The molecule has 3 rings (SSSR count). The molecule has 2 aromatic carbocycles. The normalized spacial score (nSPS) is 14.4. The van der Waals surface area contributed by atoms with Crippen molar-refractivity contribution in [3.63, 3.8) is 0 Å². The Morgan fingerprint density at radius 3 is 2.37 bits per heavy atom. The summed E-state index contributed by atoms with van der Waals surface area (Å²) in [6.45, 7) is 8.95. The number of amides is 2. The van der Waals surface area contributed by atoms with Crippen molar-refractivity contribution in [2.75, 3.05) is 39.3 Å². The maximum atomic E-state index is 12.5. The molecule has 1 saturated heterocycles. The highest BCUT2D eigenvalue weighted by Gasteiger charge is 2.21. The topological polar surface area (TPSA) is 61.9 Å². The third kappa shape index (κ3) is 6.07. The van der Waals surface area contributed by atoms with E-state index in [-0.39, 0.29) is 11.8 Å². The van der Waals surface area contributed by atoms with Crippen molar-refractivity contribution in [2.45, 2.75) is 26.8 Å². The average molecular weight is 410 g/mol. The largest absolute Gasteiger partial charge is 0.494 e. The van der Waals surface area contributed by atoms with Crippen LogP contribution in [0.5, 0.6) is 5.75 Å². The molecule has 6 nitrogen and oxygen atoms in total. The van der Waals surface area contributed by atoms with Gasteiger partial charge in [-0.05, 0) is 43.2 Å². The molecule has 2 aromatic rings. The Morgan fingerprint density at radius 1 is 1.00 bits per heavy atom. The molecule has 1 fully saturated rings. The van der Waals surface area contributed by atoms with Gasteiger partial charge in [0.05, 0.1) is 6.61 Å². The first-order valence-electron chi connectivity index (χ1n) is 10.6. The Kier molecular flexibility index (Phi) is 7.85. The van der Waals surface area contributed by atoms with Gasteiger partial charge in [-0.3, -0.25) is 14.5 Å². The minimum atomic E-state index is -0.124. The van der Waals surface area contributed by atoms with Gasteiger partial charge in [0, 0.05) is 51.3 Å². The fourth-order valence-electron chi connectivity index (χ4n) is 3.64. The van der Waals surface area contributed by atoms with Crippen molar-refractivity contribution in [1.29, 1.82) is 0 Å². The van der Waals surface area contributed by atoms with Crippen molar-refractivity contribution in [1.82, 2.24) is 15.1 Å². The maximum Gasteiger partial charge on any atom is 0.251 e. The summed E-state index contributed by atoms with van der Waals surface area (Å²) in [6, 6.07) is 15.7. The van der Waals surface area contributed by atoms with E-state index in [0.717, 1.165) is 44.0 Å². The Bertz CT molecular complexity index is 843. The lowest BCUT2D eigenvalue weighted by atomic mass is 10.1. The molecule has 2 amide bonds. The lowest BCUT2D eigenvalue weighted by Gasteiger charge is -2.34. The van der Waals surface area contributed by atoms with Crippen LogP contribution in [0.1, 0.15) is 34.8 Å². The van der Waals surface area contributed by atoms with Gasteiger partial charge in [-0.1, -0.05) is 30.3 Å². The van der Waals surface area contributed by atoms with E-state index in [4.69, 9.17) is 4.74 Å². The number of carbonyl (C=O) groups excluding carboxylic acids is 2. The summed E-state index contributed by atoms with van der Waals surface area (Å²) < 4.78 is 5.49. The predicted molar refractivity (Wildman–Crippen MR) is 118 cm³/mol. The first-order valence-corrected chi connectivity index (χ1v) is 10.6. The van der Waals surface area contributed by atoms with Crippen molar-refractivity contribution >= 4 is 11.8 Å². The van der Waals surface area contributed by atoms with E-state index in [9.17, 15) is 9.59 Å². The molecule has 0 spiro atoms. The summed E-state index contributed by atoms with van der Waals surface area (Å²) >= 11 is 0. The van der Waals surface area contributed by atoms with Crippen LogP contribution in [0.15, 0.2) is 48.5 Å². The lowest BCUT2D eigenvalue weighted by molar-refractivity contribution is -0.132. The Balaban J connectivity index is 1.37. The van der Waals surface area contributed by atoms with Crippen LogP contribution in [-0.4, -0.2) is 60.9 Å². The lowest BCUT2D eigenvalue weighted by Crippen LogP contribution is -2.48. The number of rotatable bonds is 8. The molecular weight excluding hydrogens is 378 g/mol. The number of hydrogen-bond acceptors (Lipinski definition) is 4. The van der Waals surface area contributed by atoms with Crippen LogP contribution < -0.4 is 10.1 Å². The summed E-state index contributed by atoms with van der Waals surface area (Å²) in [7, 11) is 0. The van der Waals surface area contributed by atoms with Gasteiger partial charge >= 0.3 is 0 Å². The van der Waals surface area contributed by atoms with Gasteiger partial charge in [0.1, 0.15) is 5.75 Å². The molecule has 0 aromatic heterocycles. The van der Waals surface area contributed by atoms with Gasteiger partial charge in [0.15, 0.2) is 0 Å². The molecule has 0 unspecified atom stereocenters. The highest BCUT2D eigenvalue weighted by molar-refractivity contribution is 5.95. The summed E-state index contributed by atoms with van der Waals surface area (Å²) in [5.74, 6) is 0.869. The maximum absolute atomic E-state index is 12.5. The smallest absolute Gasteiger partial charge is 0.251 e. The molecular formula is C24H31N3O3. The second-order valence-electron chi connectivity index (χ2n) is 7.55. The Hall–Kier alpha value is -2.86. The third-order valence-electron chi connectivity index (χ3n) is 5.38. The van der Waals surface area contributed by atoms with Gasteiger partial charge in [0.25, 0.3) is 5.91 Å². The van der Waals surface area contributed by atoms with E-state index in [1.807, 2.05) is 49.1 Å². The van der Waals surface area contributed by atoms with Crippen LogP contribution in [0.25, 0.3) is 0 Å². The Morgan fingerprint density at radius 2 is 1.70 bits per heavy atom. The molecule has 1 aliphatic rings. The second kappa shape index (κ2) is 10.8. The summed E-state index contributed by atoms with van der Waals surface area (Å²) in [5, 5.41) is 2.86. The van der Waals surface area contributed by atoms with Crippen LogP contribution in [-0.2, 0) is 11.3 Å². The minimum absolute atomic E-state index is 0.0980. The number of benzene rings is 2. The van der Waals surface area contributed by atoms with Crippen LogP contribution >= 0.6 is 0 Å². The number of aryl methyl sites for hydroxylation is 1. The zero-order chi connectivity index (χ0) is 21.3. The van der Waals surface area contributed by atoms with E-state index in [1.54, 1.807) is 6.07 Å². The fourth-order valence-corrected chi connectivity index (χ4v) is 3.64. The molecule has 30 heavy (non-hydrogen) atoms. The molecule has 0 atom stereocenters. The number of piperazine rings is 1. The monoisotopic (exact) mass is 409 g/mol. The second-order valence-corrected chi connectivity index (χ2v) is 7.55. The van der Waals surface area contributed by atoms with Crippen molar-refractivity contribution in [2.24, 2.45) is 0 Å². The van der Waals surface area contributed by atoms with Crippen molar-refractivity contribution in [3.8, 4) is 5.75 Å². The predicted octanol–water partition coefficient (Wildman–Crippen LogP) is 2.86. The molecule has 160 valence electrons. The number of carbonyl (C=O) groups is 2. The third-order valence-corrected chi connectivity index (χ3v) is 5.38. The molecule has 0 saturated carbocycles. The number of ether oxygens (including phenoxy) is 1. The molecule has 1 heterocycles. The first-order chi connectivity index (χ1) is 14.6. The number of nitrogens with one attached hydrogen (secondary N) is 1. The van der Waals surface area contributed by atoms with Crippen LogP contribution in [0.4, 0.5) is 0 Å². The summed E-state index contributed by atoms with van der Waals surface area (Å²) in [5.41, 5.74) is 2.84. The van der Waals surface area contributed by atoms with E-state index >= 15 is 0 Å². The van der Waals surface area contributed by atoms with Crippen LogP contribution in [0, 0.1) is 6.92 Å². The van der Waals surface area contributed by atoms with Crippen LogP contribution in [0.2, 0.25) is 0 Å². The molecule has 0 radical (unpaired) electrons. The number of nitrogens with zero attached hydrogens (tertiary/aromatic N) is 2. The summed E-state index contributed by atoms with van der Waals surface area (Å²) in [4.78, 5) is 29.0. The van der Waals surface area contributed by atoms with E-state index in [1.165, 1.54) is 5.56 Å². The van der Waals surface area contributed by atoms with Crippen molar-refractivity contribution < 1.29 is 14.3 Å². The minimum Gasteiger partial charge on any atom is -0.494 e. The standard InChI is InChI=1S/C24H31N3O3/c1-3-30-21-10-8-20(9-11-21)18-26-14-16-27(17-15-26)23(28)12-13-25-24(29)22-7-5-4-6-19(22)2/h4-11H,3,12-18H2,1-2H3,(H,25,29). The van der Waals surface area contributed by atoms with Gasteiger partial charge in [-0.25, -0.2) is 0 Å². The van der Waals surface area contributed by atoms with Gasteiger partial charge in [-0.15, -0.1) is 0 Å². The van der Waals surface area contributed by atoms with E-state index in [2.05, 4.69) is 22.3 Å². The van der Waals surface area contributed by atoms with E-state index in [0.29, 0.717) is 25.1 Å². The quantitative estimate of drug-likeness (QED) is 0.728. The van der Waals surface area contributed by atoms with Gasteiger partial charge in [0.2, 0.25) is 5.91 Å². The van der Waals surface area contributed by atoms with Crippen LogP contribution in [0.3, 0.4) is 0 Å². The molecule has 6 heteroatoms. The fraction of sp³-hybridized carbons (Fsp3) is 0.417. The molecule has 0 aliphatic carbocycles. The zero-order valence-electron chi connectivity index (χ0n) is 17.9. The van der Waals surface area contributed by atoms with Crippen molar-refractivity contribution in [3.05, 3.63) is 65.2 Å². The highest BCUT2D eigenvalue weighted by Crippen LogP contribution is 2.15. The molecule has 0 bridgehead atoms. The SMILES string of the molecule is CCOc1ccc(CN2CCN(C(=O)CCNC(=O)c3ccccc3C)CC2)cc1.